The van der Waals surface area contributed by atoms with Gasteiger partial charge in [0.2, 0.25) is 5.16 Å². The molecule has 0 saturated heterocycles. The maximum Gasteiger partial charge on any atom is 0.416 e. The number of thioether (sulfide) groups is 1. The number of amides is 2. The summed E-state index contributed by atoms with van der Waals surface area (Å²) in [5, 5.41) is 17.6. The Hall–Kier alpha value is -3.43. The van der Waals surface area contributed by atoms with Crippen LogP contribution in [0, 0.1) is 5.92 Å². The van der Waals surface area contributed by atoms with Crippen molar-refractivity contribution < 1.29 is 22.8 Å². The number of hydrogen-bond donors (Lipinski definition) is 2. The van der Waals surface area contributed by atoms with E-state index >= 15 is 0 Å². The number of aryl methyl sites for hydroxylation is 1. The van der Waals surface area contributed by atoms with Crippen molar-refractivity contribution in [2.75, 3.05) is 10.6 Å². The van der Waals surface area contributed by atoms with Crippen LogP contribution in [0.2, 0.25) is 0 Å². The normalized spacial score (nSPS) is 13.9. The second-order valence-electron chi connectivity index (χ2n) is 9.22. The van der Waals surface area contributed by atoms with Crippen LogP contribution < -0.4 is 10.6 Å². The molecule has 15 heteroatoms. The standard InChI is InChI=1S/C26H24F3N7O2S3/c1-36-25(33-34-35-36)41-22-20(14-39-17-9-3-2-4-10-17)31-24(40-22)32-23(38)30-19-12-11-16(26(27,28)29)13-18(19)21(37)15-7-5-6-8-15/h2-4,9-13,15H,5-8,14H2,1H3,(H2,30,31,32,38). The summed E-state index contributed by atoms with van der Waals surface area (Å²) in [5.41, 5.74) is -0.362. The molecule has 9 nitrogen and oxygen atoms in total. The fraction of sp³-hybridized carbons (Fsp3) is 0.308. The van der Waals surface area contributed by atoms with Gasteiger partial charge >= 0.3 is 12.2 Å². The van der Waals surface area contributed by atoms with E-state index in [9.17, 15) is 22.8 Å². The fourth-order valence-corrected chi connectivity index (χ4v) is 7.34. The molecule has 0 spiro atoms. The number of Topliss-reactive ketones (excluding diaryl/α,β-unsaturated/α-hetero) is 1. The van der Waals surface area contributed by atoms with Crippen molar-refractivity contribution in [1.29, 1.82) is 0 Å². The number of alkyl halides is 3. The minimum absolute atomic E-state index is 0.0172. The van der Waals surface area contributed by atoms with Crippen molar-refractivity contribution in [1.82, 2.24) is 25.2 Å². The first-order chi connectivity index (χ1) is 19.7. The predicted molar refractivity (Wildman–Crippen MR) is 151 cm³/mol. The van der Waals surface area contributed by atoms with Gasteiger partial charge in [-0.05, 0) is 65.4 Å². The largest absolute Gasteiger partial charge is 0.416 e. The number of tetrazole rings is 1. The van der Waals surface area contributed by atoms with Crippen LogP contribution in [0.3, 0.4) is 0 Å². The van der Waals surface area contributed by atoms with E-state index in [1.165, 1.54) is 27.8 Å². The van der Waals surface area contributed by atoms with E-state index in [4.69, 9.17) is 0 Å². The Bertz CT molecular complexity index is 1540. The first-order valence-electron chi connectivity index (χ1n) is 12.6. The number of halogens is 3. The van der Waals surface area contributed by atoms with Crippen LogP contribution >= 0.6 is 34.9 Å². The van der Waals surface area contributed by atoms with Crippen molar-refractivity contribution in [3.8, 4) is 0 Å². The average molecular weight is 620 g/mol. The van der Waals surface area contributed by atoms with Crippen molar-refractivity contribution in [2.24, 2.45) is 13.0 Å². The highest BCUT2D eigenvalue weighted by Gasteiger charge is 2.33. The Morgan fingerprint density at radius 3 is 2.54 bits per heavy atom. The van der Waals surface area contributed by atoms with E-state index in [2.05, 4.69) is 31.1 Å². The van der Waals surface area contributed by atoms with Gasteiger partial charge in [0.1, 0.15) is 0 Å². The lowest BCUT2D eigenvalue weighted by atomic mass is 9.93. The highest BCUT2D eigenvalue weighted by molar-refractivity contribution is 8.01. The number of carbonyl (C=O) groups is 2. The van der Waals surface area contributed by atoms with Gasteiger partial charge in [0.25, 0.3) is 0 Å². The molecule has 1 aliphatic rings. The number of carbonyl (C=O) groups excluding carboxylic acids is 2. The van der Waals surface area contributed by atoms with Gasteiger partial charge in [-0.15, -0.1) is 16.9 Å². The maximum atomic E-state index is 13.4. The number of anilines is 2. The lowest BCUT2D eigenvalue weighted by Crippen LogP contribution is -2.23. The Balaban J connectivity index is 1.36. The molecule has 0 unspecified atom stereocenters. The summed E-state index contributed by atoms with van der Waals surface area (Å²) in [6.45, 7) is 0. The number of nitrogens with zero attached hydrogens (tertiary/aromatic N) is 5. The van der Waals surface area contributed by atoms with Gasteiger partial charge in [0, 0.05) is 29.2 Å². The zero-order chi connectivity index (χ0) is 29.0. The summed E-state index contributed by atoms with van der Waals surface area (Å²) in [6, 6.07) is 11.8. The number of thiazole rings is 1. The predicted octanol–water partition coefficient (Wildman–Crippen LogP) is 7.15. The van der Waals surface area contributed by atoms with Crippen LogP contribution in [0.15, 0.2) is 62.8 Å². The van der Waals surface area contributed by atoms with E-state index in [1.54, 1.807) is 18.8 Å². The molecule has 0 radical (unpaired) electrons. The number of nitrogens with one attached hydrogen (secondary N) is 2. The monoisotopic (exact) mass is 619 g/mol. The van der Waals surface area contributed by atoms with Gasteiger partial charge in [-0.25, -0.2) is 14.5 Å². The molecule has 4 aromatic rings. The number of benzene rings is 2. The van der Waals surface area contributed by atoms with Crippen LogP contribution in [0.5, 0.6) is 0 Å². The first-order valence-corrected chi connectivity index (χ1v) is 15.2. The molecular formula is C26H24F3N7O2S3. The zero-order valence-electron chi connectivity index (χ0n) is 21.6. The Morgan fingerprint density at radius 2 is 1.85 bits per heavy atom. The molecule has 0 atom stereocenters. The highest BCUT2D eigenvalue weighted by atomic mass is 32.2. The van der Waals surface area contributed by atoms with E-state index in [-0.39, 0.29) is 22.3 Å². The number of rotatable bonds is 9. The average Bonchev–Trinajstić information content (AvgIpc) is 3.70. The van der Waals surface area contributed by atoms with Gasteiger partial charge in [0.15, 0.2) is 10.9 Å². The third-order valence-electron chi connectivity index (χ3n) is 6.35. The minimum Gasteiger partial charge on any atom is -0.307 e. The van der Waals surface area contributed by atoms with Gasteiger partial charge in [0.05, 0.1) is 21.2 Å². The van der Waals surface area contributed by atoms with Crippen LogP contribution in [-0.2, 0) is 19.0 Å². The molecular weight excluding hydrogens is 596 g/mol. The van der Waals surface area contributed by atoms with Crippen molar-refractivity contribution in [2.45, 2.75) is 51.9 Å². The highest BCUT2D eigenvalue weighted by Crippen LogP contribution is 2.39. The third kappa shape index (κ3) is 7.26. The Kier molecular flexibility index (Phi) is 8.94. The smallest absolute Gasteiger partial charge is 0.307 e. The van der Waals surface area contributed by atoms with Crippen molar-refractivity contribution >= 4 is 57.5 Å². The number of aromatic nitrogens is 5. The van der Waals surface area contributed by atoms with Crippen LogP contribution in [-0.4, -0.2) is 37.0 Å². The van der Waals surface area contributed by atoms with E-state index in [1.807, 2.05) is 30.3 Å². The summed E-state index contributed by atoms with van der Waals surface area (Å²) < 4.78 is 42.6. The summed E-state index contributed by atoms with van der Waals surface area (Å²) >= 11 is 4.10. The molecule has 0 aliphatic heterocycles. The Labute approximate surface area is 245 Å². The molecule has 1 aliphatic carbocycles. The Morgan fingerprint density at radius 1 is 1.10 bits per heavy atom. The molecule has 214 valence electrons. The zero-order valence-corrected chi connectivity index (χ0v) is 24.1. The molecule has 41 heavy (non-hydrogen) atoms. The van der Waals surface area contributed by atoms with Crippen LogP contribution in [0.1, 0.15) is 47.3 Å². The summed E-state index contributed by atoms with van der Waals surface area (Å²) in [5.74, 6) is -0.245. The third-order valence-corrected chi connectivity index (χ3v) is 9.63. The first kappa shape index (κ1) is 29.1. The van der Waals surface area contributed by atoms with Crippen molar-refractivity contribution in [3.05, 3.63) is 65.4 Å². The molecule has 1 saturated carbocycles. The second-order valence-corrected chi connectivity index (χ2v) is 12.5. The van der Waals surface area contributed by atoms with Crippen LogP contribution in [0.25, 0.3) is 0 Å². The number of urea groups is 1. The molecule has 2 aromatic carbocycles. The number of ketones is 1. The second kappa shape index (κ2) is 12.6. The minimum atomic E-state index is -4.62. The quantitative estimate of drug-likeness (QED) is 0.150. The molecule has 1 fully saturated rings. The van der Waals surface area contributed by atoms with E-state index in [0.29, 0.717) is 29.4 Å². The van der Waals surface area contributed by atoms with E-state index < -0.39 is 23.6 Å². The molecule has 5 rings (SSSR count). The van der Waals surface area contributed by atoms with Gasteiger partial charge in [-0.2, -0.15) is 13.2 Å². The van der Waals surface area contributed by atoms with Gasteiger partial charge < -0.3 is 5.32 Å². The molecule has 2 N–H and O–H groups in total. The van der Waals surface area contributed by atoms with Crippen LogP contribution in [0.4, 0.5) is 28.8 Å². The number of hydrogen-bond acceptors (Lipinski definition) is 9. The molecule has 2 aromatic heterocycles. The topological polar surface area (TPSA) is 115 Å². The summed E-state index contributed by atoms with van der Waals surface area (Å²) in [6.07, 6.45) is -1.69. The fourth-order valence-electron chi connectivity index (χ4n) is 4.31. The summed E-state index contributed by atoms with van der Waals surface area (Å²) in [7, 11) is 1.71. The molecule has 0 bridgehead atoms. The molecule has 2 amide bonds. The van der Waals surface area contributed by atoms with Crippen molar-refractivity contribution in [3.63, 3.8) is 0 Å². The SMILES string of the molecule is Cn1nnnc1Sc1sc(NC(=O)Nc2ccc(C(F)(F)F)cc2C(=O)C2CCCC2)nc1CSc1ccccc1. The lowest BCUT2D eigenvalue weighted by molar-refractivity contribution is -0.137. The van der Waals surface area contributed by atoms with Gasteiger partial charge in [-0.1, -0.05) is 42.4 Å². The van der Waals surface area contributed by atoms with Gasteiger partial charge in [-0.3, -0.25) is 10.1 Å². The summed E-state index contributed by atoms with van der Waals surface area (Å²) in [4.78, 5) is 31.8. The lowest BCUT2D eigenvalue weighted by Gasteiger charge is -2.16. The maximum absolute atomic E-state index is 13.4. The molecule has 2 heterocycles. The van der Waals surface area contributed by atoms with E-state index in [0.717, 1.165) is 40.1 Å².